The molecule has 0 radical (unpaired) electrons. The van der Waals surface area contributed by atoms with Gasteiger partial charge in [0.05, 0.1) is 5.69 Å². The van der Waals surface area contributed by atoms with Gasteiger partial charge in [0.15, 0.2) is 0 Å². The minimum Gasteiger partial charge on any atom is -0.444 e. The number of benzene rings is 1. The number of aromatic amines is 1. The van der Waals surface area contributed by atoms with E-state index >= 15 is 4.39 Å². The molecule has 0 spiro atoms. The number of pyridine rings is 2. The number of anilines is 2. The Hall–Kier alpha value is -4.45. The van der Waals surface area contributed by atoms with Crippen LogP contribution in [0.15, 0.2) is 35.3 Å². The molecule has 2 aromatic heterocycles. The Morgan fingerprint density at radius 2 is 1.78 bits per heavy atom. The molecular formula is C39H53FN6O5. The SMILES string of the molecule is CCN(c1cc(-c2ccc(N3CCN(C(=O)OC(C)(C)C)CC3)nc2)cc(C(=O)NCc2c(C(C)C)c(F)c(C)[nH]c2=O)c1C)C1CCOCC1. The molecule has 276 valence electrons. The number of nitrogens with zero attached hydrogens (tertiary/aromatic N) is 4. The number of amides is 2. The first-order valence-corrected chi connectivity index (χ1v) is 18.1. The maximum Gasteiger partial charge on any atom is 0.410 e. The zero-order chi connectivity index (χ0) is 37.0. The predicted octanol–water partition coefficient (Wildman–Crippen LogP) is 6.31. The highest BCUT2D eigenvalue weighted by Gasteiger charge is 2.28. The molecule has 51 heavy (non-hydrogen) atoms. The summed E-state index contributed by atoms with van der Waals surface area (Å²) in [5, 5.41) is 2.93. The fourth-order valence-electron chi connectivity index (χ4n) is 7.01. The van der Waals surface area contributed by atoms with E-state index in [1.807, 2.05) is 65.9 Å². The fraction of sp³-hybridized carbons (Fsp3) is 0.538. The molecule has 0 aliphatic carbocycles. The third kappa shape index (κ3) is 8.72. The summed E-state index contributed by atoms with van der Waals surface area (Å²) in [7, 11) is 0. The largest absolute Gasteiger partial charge is 0.444 e. The second-order valence-corrected chi connectivity index (χ2v) is 14.8. The summed E-state index contributed by atoms with van der Waals surface area (Å²) >= 11 is 0. The number of hydrogen-bond donors (Lipinski definition) is 2. The highest BCUT2D eigenvalue weighted by molar-refractivity contribution is 5.99. The number of halogens is 1. The summed E-state index contributed by atoms with van der Waals surface area (Å²) in [6.07, 6.45) is 3.28. The molecule has 1 aromatic carbocycles. The number of aryl methyl sites for hydroxylation is 1. The van der Waals surface area contributed by atoms with Gasteiger partial charge in [-0.1, -0.05) is 13.8 Å². The van der Waals surface area contributed by atoms with E-state index in [2.05, 4.69) is 33.1 Å². The van der Waals surface area contributed by atoms with Crippen molar-refractivity contribution in [3.8, 4) is 11.1 Å². The van der Waals surface area contributed by atoms with E-state index in [0.717, 1.165) is 47.6 Å². The molecule has 5 rings (SSSR count). The van der Waals surface area contributed by atoms with Crippen LogP contribution in [-0.2, 0) is 16.0 Å². The standard InChI is InChI=1S/C39H53FN6O5/c1-9-46(29-12-18-50-19-13-29)32-21-28(27-10-11-33(41-22-27)44-14-16-45(17-15-44)38(49)51-39(6,7)8)20-30(25(32)4)36(47)42-23-31-34(24(2)3)35(40)26(5)43-37(31)48/h10-11,20-22,24,29H,9,12-19,23H2,1-8H3,(H,42,47)(H,43,48). The lowest BCUT2D eigenvalue weighted by Crippen LogP contribution is -2.50. The van der Waals surface area contributed by atoms with Gasteiger partial charge in [0.25, 0.3) is 11.5 Å². The van der Waals surface area contributed by atoms with Crippen LogP contribution in [0.25, 0.3) is 11.1 Å². The molecule has 2 N–H and O–H groups in total. The van der Waals surface area contributed by atoms with Gasteiger partial charge in [0.1, 0.15) is 17.2 Å². The average molecular weight is 705 g/mol. The monoisotopic (exact) mass is 704 g/mol. The molecule has 0 unspecified atom stereocenters. The predicted molar refractivity (Wildman–Crippen MR) is 198 cm³/mol. The second-order valence-electron chi connectivity index (χ2n) is 14.8. The summed E-state index contributed by atoms with van der Waals surface area (Å²) in [5.41, 5.74) is 3.72. The van der Waals surface area contributed by atoms with Crippen LogP contribution in [0.4, 0.5) is 20.7 Å². The van der Waals surface area contributed by atoms with Gasteiger partial charge in [-0.05, 0) is 95.7 Å². The highest BCUT2D eigenvalue weighted by atomic mass is 19.1. The van der Waals surface area contributed by atoms with E-state index in [4.69, 9.17) is 14.5 Å². The molecule has 12 heteroatoms. The van der Waals surface area contributed by atoms with Gasteiger partial charge in [-0.15, -0.1) is 0 Å². The number of ether oxygens (including phenoxy) is 2. The van der Waals surface area contributed by atoms with Crippen molar-refractivity contribution in [2.45, 2.75) is 92.3 Å². The van der Waals surface area contributed by atoms with Gasteiger partial charge in [0, 0.05) is 92.7 Å². The Bertz CT molecular complexity index is 1770. The molecule has 11 nitrogen and oxygen atoms in total. The van der Waals surface area contributed by atoms with Crippen LogP contribution in [0.5, 0.6) is 0 Å². The van der Waals surface area contributed by atoms with Gasteiger partial charge in [-0.25, -0.2) is 14.2 Å². The Morgan fingerprint density at radius 3 is 2.37 bits per heavy atom. The van der Waals surface area contributed by atoms with Crippen molar-refractivity contribution >= 4 is 23.5 Å². The maximum absolute atomic E-state index is 15.1. The van der Waals surface area contributed by atoms with Crippen molar-refractivity contribution in [3.63, 3.8) is 0 Å². The molecule has 0 saturated carbocycles. The summed E-state index contributed by atoms with van der Waals surface area (Å²) in [6, 6.07) is 8.23. The quantitative estimate of drug-likeness (QED) is 0.266. The first kappa shape index (κ1) is 37.8. The first-order valence-electron chi connectivity index (χ1n) is 18.1. The van der Waals surface area contributed by atoms with Crippen LogP contribution >= 0.6 is 0 Å². The number of nitrogens with one attached hydrogen (secondary N) is 2. The molecule has 2 aliphatic heterocycles. The fourth-order valence-corrected chi connectivity index (χ4v) is 7.01. The van der Waals surface area contributed by atoms with Gasteiger partial charge >= 0.3 is 6.09 Å². The van der Waals surface area contributed by atoms with E-state index in [1.165, 1.54) is 6.92 Å². The topological polar surface area (TPSA) is 120 Å². The lowest BCUT2D eigenvalue weighted by atomic mass is 9.95. The van der Waals surface area contributed by atoms with Gasteiger partial charge < -0.3 is 34.5 Å². The molecular weight excluding hydrogens is 651 g/mol. The molecule has 0 atom stereocenters. The van der Waals surface area contributed by atoms with Crippen LogP contribution in [0.2, 0.25) is 0 Å². The maximum atomic E-state index is 15.1. The number of carbonyl (C=O) groups excluding carboxylic acids is 2. The Labute approximate surface area is 300 Å². The smallest absolute Gasteiger partial charge is 0.410 e. The Kier molecular flexibility index (Phi) is 11.7. The van der Waals surface area contributed by atoms with Crippen molar-refractivity contribution in [1.82, 2.24) is 20.2 Å². The molecule has 2 fully saturated rings. The number of hydrogen-bond acceptors (Lipinski definition) is 8. The van der Waals surface area contributed by atoms with Crippen LogP contribution in [-0.4, -0.2) is 84.4 Å². The van der Waals surface area contributed by atoms with Crippen LogP contribution in [0, 0.1) is 19.7 Å². The van der Waals surface area contributed by atoms with Crippen molar-refractivity contribution in [1.29, 1.82) is 0 Å². The molecule has 2 saturated heterocycles. The molecule has 2 amide bonds. The lowest BCUT2D eigenvalue weighted by molar-refractivity contribution is 0.0240. The molecule has 2 aliphatic rings. The van der Waals surface area contributed by atoms with Crippen LogP contribution in [0.3, 0.4) is 0 Å². The summed E-state index contributed by atoms with van der Waals surface area (Å²) in [5.74, 6) is -0.232. The summed E-state index contributed by atoms with van der Waals surface area (Å²) < 4.78 is 26.3. The van der Waals surface area contributed by atoms with E-state index in [1.54, 1.807) is 4.90 Å². The zero-order valence-corrected chi connectivity index (χ0v) is 31.3. The minimum absolute atomic E-state index is 0.104. The number of rotatable bonds is 9. The average Bonchev–Trinajstić information content (AvgIpc) is 3.09. The number of carbonyl (C=O) groups is 2. The Morgan fingerprint density at radius 1 is 1.10 bits per heavy atom. The Balaban J connectivity index is 1.43. The van der Waals surface area contributed by atoms with Crippen molar-refractivity contribution in [2.24, 2.45) is 0 Å². The normalized spacial score (nSPS) is 15.6. The number of H-pyrrole nitrogens is 1. The summed E-state index contributed by atoms with van der Waals surface area (Å²) in [6.45, 7) is 19.2. The van der Waals surface area contributed by atoms with Crippen LogP contribution in [0.1, 0.15) is 93.0 Å². The van der Waals surface area contributed by atoms with Gasteiger partial charge in [0.2, 0.25) is 0 Å². The van der Waals surface area contributed by atoms with Gasteiger partial charge in [-0.3, -0.25) is 9.59 Å². The van der Waals surface area contributed by atoms with Crippen LogP contribution < -0.4 is 20.7 Å². The van der Waals surface area contributed by atoms with E-state index < -0.39 is 17.0 Å². The highest BCUT2D eigenvalue weighted by Crippen LogP contribution is 2.34. The molecule has 3 aromatic rings. The van der Waals surface area contributed by atoms with E-state index in [-0.39, 0.29) is 41.8 Å². The zero-order valence-electron chi connectivity index (χ0n) is 31.3. The third-order valence-corrected chi connectivity index (χ3v) is 9.71. The second kappa shape index (κ2) is 15.8. The number of piperazine rings is 1. The third-order valence-electron chi connectivity index (χ3n) is 9.71. The van der Waals surface area contributed by atoms with Crippen molar-refractivity contribution in [2.75, 3.05) is 55.7 Å². The van der Waals surface area contributed by atoms with Crippen molar-refractivity contribution < 1.29 is 23.5 Å². The molecule has 4 heterocycles. The minimum atomic E-state index is -0.544. The number of aromatic nitrogens is 2. The molecule has 0 bridgehead atoms. The lowest BCUT2D eigenvalue weighted by Gasteiger charge is -2.37. The van der Waals surface area contributed by atoms with Gasteiger partial charge in [-0.2, -0.15) is 0 Å². The summed E-state index contributed by atoms with van der Waals surface area (Å²) in [4.78, 5) is 53.1. The first-order chi connectivity index (χ1) is 24.2. The van der Waals surface area contributed by atoms with Crippen molar-refractivity contribution in [3.05, 3.63) is 74.6 Å². The van der Waals surface area contributed by atoms with E-state index in [9.17, 15) is 14.4 Å². The van der Waals surface area contributed by atoms with E-state index in [0.29, 0.717) is 50.5 Å².